The van der Waals surface area contributed by atoms with E-state index in [1.54, 1.807) is 12.4 Å². The van der Waals surface area contributed by atoms with Crippen molar-refractivity contribution < 1.29 is 9.84 Å². The van der Waals surface area contributed by atoms with Crippen molar-refractivity contribution in [3.8, 4) is 5.75 Å². The molecule has 1 aliphatic rings. The fraction of sp³-hybridized carbons (Fsp3) is 0.643. The van der Waals surface area contributed by atoms with Gasteiger partial charge in [0.05, 0.1) is 18.4 Å². The summed E-state index contributed by atoms with van der Waals surface area (Å²) in [6.07, 6.45) is 7.44. The quantitative estimate of drug-likeness (QED) is 0.872. The number of hydrogen-bond acceptors (Lipinski definition) is 3. The SMILES string of the molecule is CCCOc1cncc(C2(O)CCCC2C)c1. The normalized spacial score (nSPS) is 28.3. The third-order valence-electron chi connectivity index (χ3n) is 3.70. The van der Waals surface area contributed by atoms with Crippen LogP contribution >= 0.6 is 0 Å². The van der Waals surface area contributed by atoms with Gasteiger partial charge in [-0.3, -0.25) is 4.98 Å². The predicted octanol–water partition coefficient (Wildman–Crippen LogP) is 2.88. The highest BCUT2D eigenvalue weighted by Crippen LogP contribution is 2.43. The van der Waals surface area contributed by atoms with Gasteiger partial charge < -0.3 is 9.84 Å². The van der Waals surface area contributed by atoms with E-state index in [2.05, 4.69) is 18.8 Å². The fourth-order valence-corrected chi connectivity index (χ4v) is 2.55. The summed E-state index contributed by atoms with van der Waals surface area (Å²) in [6, 6.07) is 1.94. The van der Waals surface area contributed by atoms with Gasteiger partial charge in [0.15, 0.2) is 0 Å². The Morgan fingerprint density at radius 3 is 3.00 bits per heavy atom. The number of aromatic nitrogens is 1. The zero-order chi connectivity index (χ0) is 12.3. The average molecular weight is 235 g/mol. The number of aliphatic hydroxyl groups is 1. The van der Waals surface area contributed by atoms with Crippen LogP contribution in [-0.4, -0.2) is 16.7 Å². The minimum atomic E-state index is -0.710. The first-order chi connectivity index (χ1) is 8.16. The van der Waals surface area contributed by atoms with Crippen molar-refractivity contribution >= 4 is 0 Å². The second-order valence-electron chi connectivity index (χ2n) is 4.98. The smallest absolute Gasteiger partial charge is 0.137 e. The van der Waals surface area contributed by atoms with Crippen molar-refractivity contribution in [2.24, 2.45) is 5.92 Å². The summed E-state index contributed by atoms with van der Waals surface area (Å²) >= 11 is 0. The molecule has 0 aromatic carbocycles. The van der Waals surface area contributed by atoms with Crippen LogP contribution in [0.15, 0.2) is 18.5 Å². The summed E-state index contributed by atoms with van der Waals surface area (Å²) < 4.78 is 5.56. The number of pyridine rings is 1. The molecule has 0 saturated heterocycles. The third-order valence-corrected chi connectivity index (χ3v) is 3.70. The average Bonchev–Trinajstić information content (AvgIpc) is 2.69. The molecule has 1 fully saturated rings. The van der Waals surface area contributed by atoms with Gasteiger partial charge in [-0.2, -0.15) is 0 Å². The molecule has 94 valence electrons. The van der Waals surface area contributed by atoms with Crippen LogP contribution in [0.2, 0.25) is 0 Å². The van der Waals surface area contributed by atoms with Crippen molar-refractivity contribution in [1.29, 1.82) is 0 Å². The van der Waals surface area contributed by atoms with Crippen LogP contribution in [0.5, 0.6) is 5.75 Å². The Labute approximate surface area is 103 Å². The number of ether oxygens (including phenoxy) is 1. The van der Waals surface area contributed by atoms with Crippen LogP contribution in [-0.2, 0) is 5.60 Å². The molecule has 1 aromatic rings. The molecule has 2 atom stereocenters. The molecule has 17 heavy (non-hydrogen) atoms. The minimum Gasteiger partial charge on any atom is -0.492 e. The van der Waals surface area contributed by atoms with E-state index in [0.717, 1.165) is 37.0 Å². The van der Waals surface area contributed by atoms with Crippen molar-refractivity contribution in [3.63, 3.8) is 0 Å². The molecular weight excluding hydrogens is 214 g/mol. The van der Waals surface area contributed by atoms with Gasteiger partial charge in [0, 0.05) is 11.8 Å². The van der Waals surface area contributed by atoms with Gasteiger partial charge in [0.25, 0.3) is 0 Å². The van der Waals surface area contributed by atoms with Crippen molar-refractivity contribution in [1.82, 2.24) is 4.98 Å². The van der Waals surface area contributed by atoms with E-state index in [0.29, 0.717) is 12.5 Å². The van der Waals surface area contributed by atoms with Crippen molar-refractivity contribution in [2.45, 2.75) is 45.1 Å². The van der Waals surface area contributed by atoms with Crippen LogP contribution in [0.1, 0.15) is 45.1 Å². The first-order valence-corrected chi connectivity index (χ1v) is 6.47. The highest BCUT2D eigenvalue weighted by atomic mass is 16.5. The zero-order valence-electron chi connectivity index (χ0n) is 10.6. The topological polar surface area (TPSA) is 42.4 Å². The monoisotopic (exact) mass is 235 g/mol. The summed E-state index contributed by atoms with van der Waals surface area (Å²) in [5.74, 6) is 1.06. The molecule has 1 N–H and O–H groups in total. The molecule has 0 aliphatic heterocycles. The summed E-state index contributed by atoms with van der Waals surface area (Å²) in [4.78, 5) is 4.18. The van der Waals surface area contributed by atoms with Gasteiger partial charge >= 0.3 is 0 Å². The lowest BCUT2D eigenvalue weighted by molar-refractivity contribution is 0.00394. The van der Waals surface area contributed by atoms with E-state index in [-0.39, 0.29) is 0 Å². The second kappa shape index (κ2) is 5.05. The molecule has 0 amide bonds. The van der Waals surface area contributed by atoms with E-state index in [1.807, 2.05) is 6.07 Å². The molecule has 3 nitrogen and oxygen atoms in total. The molecule has 0 radical (unpaired) electrons. The lowest BCUT2D eigenvalue weighted by atomic mass is 9.86. The standard InChI is InChI=1S/C14H21NO2/c1-3-7-17-13-8-12(9-15-10-13)14(16)6-4-5-11(14)2/h8-11,16H,3-7H2,1-2H3. The second-order valence-corrected chi connectivity index (χ2v) is 4.98. The Bertz CT molecular complexity index is 380. The first kappa shape index (κ1) is 12.4. The zero-order valence-corrected chi connectivity index (χ0v) is 10.6. The van der Waals surface area contributed by atoms with E-state index in [4.69, 9.17) is 4.74 Å². The number of hydrogen-bond donors (Lipinski definition) is 1. The maximum absolute atomic E-state index is 10.7. The van der Waals surface area contributed by atoms with Gasteiger partial charge in [-0.25, -0.2) is 0 Å². The molecule has 1 heterocycles. The highest BCUT2D eigenvalue weighted by Gasteiger charge is 2.40. The van der Waals surface area contributed by atoms with Crippen LogP contribution in [0.4, 0.5) is 0 Å². The Morgan fingerprint density at radius 1 is 1.53 bits per heavy atom. The molecule has 1 aromatic heterocycles. The van der Waals surface area contributed by atoms with Gasteiger partial charge in [-0.15, -0.1) is 0 Å². The Balaban J connectivity index is 2.20. The lowest BCUT2D eigenvalue weighted by Gasteiger charge is -2.28. The van der Waals surface area contributed by atoms with Crippen LogP contribution < -0.4 is 4.74 Å². The lowest BCUT2D eigenvalue weighted by Crippen LogP contribution is -2.28. The first-order valence-electron chi connectivity index (χ1n) is 6.47. The van der Waals surface area contributed by atoms with E-state index in [1.165, 1.54) is 0 Å². The minimum absolute atomic E-state index is 0.297. The molecule has 2 unspecified atom stereocenters. The van der Waals surface area contributed by atoms with E-state index >= 15 is 0 Å². The molecule has 0 bridgehead atoms. The Hall–Kier alpha value is -1.09. The van der Waals surface area contributed by atoms with E-state index in [9.17, 15) is 5.11 Å². The molecule has 1 saturated carbocycles. The van der Waals surface area contributed by atoms with Gasteiger partial charge in [-0.05, 0) is 37.7 Å². The van der Waals surface area contributed by atoms with Crippen LogP contribution in [0.25, 0.3) is 0 Å². The maximum atomic E-state index is 10.7. The molecule has 3 heteroatoms. The molecule has 2 rings (SSSR count). The fourth-order valence-electron chi connectivity index (χ4n) is 2.55. The molecular formula is C14H21NO2. The summed E-state index contributed by atoms with van der Waals surface area (Å²) in [5.41, 5.74) is 0.189. The van der Waals surface area contributed by atoms with Crippen LogP contribution in [0, 0.1) is 5.92 Å². The van der Waals surface area contributed by atoms with Gasteiger partial charge in [0.2, 0.25) is 0 Å². The highest BCUT2D eigenvalue weighted by molar-refractivity contribution is 5.29. The summed E-state index contributed by atoms with van der Waals surface area (Å²) in [6.45, 7) is 4.87. The third kappa shape index (κ3) is 2.44. The van der Waals surface area contributed by atoms with E-state index < -0.39 is 5.60 Å². The van der Waals surface area contributed by atoms with Gasteiger partial charge in [-0.1, -0.05) is 13.8 Å². The molecule has 0 spiro atoms. The molecule has 1 aliphatic carbocycles. The Morgan fingerprint density at radius 2 is 2.35 bits per heavy atom. The van der Waals surface area contributed by atoms with Crippen LogP contribution in [0.3, 0.4) is 0 Å². The number of rotatable bonds is 4. The van der Waals surface area contributed by atoms with Crippen molar-refractivity contribution in [2.75, 3.05) is 6.61 Å². The summed E-state index contributed by atoms with van der Waals surface area (Å²) in [7, 11) is 0. The van der Waals surface area contributed by atoms with Crippen molar-refractivity contribution in [3.05, 3.63) is 24.0 Å². The largest absolute Gasteiger partial charge is 0.492 e. The maximum Gasteiger partial charge on any atom is 0.137 e. The summed E-state index contributed by atoms with van der Waals surface area (Å²) in [5, 5.41) is 10.7. The number of nitrogens with zero attached hydrogens (tertiary/aromatic N) is 1. The Kier molecular flexibility index (Phi) is 3.67. The van der Waals surface area contributed by atoms with Gasteiger partial charge in [0.1, 0.15) is 5.75 Å². The predicted molar refractivity (Wildman–Crippen MR) is 66.9 cm³/mol.